The Kier molecular flexibility index (Phi) is 3.78. The fourth-order valence-electron chi connectivity index (χ4n) is 4.18. The van der Waals surface area contributed by atoms with Crippen molar-refractivity contribution in [3.8, 4) is 17.2 Å². The monoisotopic (exact) mass is 372 g/mol. The van der Waals surface area contributed by atoms with E-state index in [2.05, 4.69) is 4.98 Å². The Bertz CT molecular complexity index is 910. The zero-order valence-corrected chi connectivity index (χ0v) is 15.1. The van der Waals surface area contributed by atoms with Crippen LogP contribution in [0.2, 0.25) is 0 Å². The average Bonchev–Trinajstić information content (AvgIpc) is 2.97. The van der Waals surface area contributed by atoms with E-state index in [0.717, 1.165) is 5.56 Å². The summed E-state index contributed by atoms with van der Waals surface area (Å²) in [5, 5.41) is 19.1. The van der Waals surface area contributed by atoms with Crippen LogP contribution in [-0.2, 0) is 16.1 Å². The van der Waals surface area contributed by atoms with Crippen molar-refractivity contribution in [2.75, 3.05) is 20.2 Å². The van der Waals surface area contributed by atoms with Crippen molar-refractivity contribution in [1.82, 2.24) is 9.88 Å². The number of oxazole rings is 1. The fourth-order valence-corrected chi connectivity index (χ4v) is 4.18. The summed E-state index contributed by atoms with van der Waals surface area (Å²) < 4.78 is 11.0. The minimum absolute atomic E-state index is 0.189. The van der Waals surface area contributed by atoms with Gasteiger partial charge in [0.2, 0.25) is 5.89 Å². The molecule has 0 bridgehead atoms. The summed E-state index contributed by atoms with van der Waals surface area (Å²) in [6.07, 6.45) is 0.189. The largest absolute Gasteiger partial charge is 0.497 e. The van der Waals surface area contributed by atoms with E-state index >= 15 is 0 Å². The van der Waals surface area contributed by atoms with E-state index in [-0.39, 0.29) is 19.5 Å². The van der Waals surface area contributed by atoms with Crippen LogP contribution < -0.4 is 4.74 Å². The van der Waals surface area contributed by atoms with Gasteiger partial charge < -0.3 is 19.4 Å². The number of rotatable bonds is 6. The number of methoxy groups -OCH3 is 1. The van der Waals surface area contributed by atoms with Crippen molar-refractivity contribution in [3.05, 3.63) is 35.7 Å². The summed E-state index contributed by atoms with van der Waals surface area (Å²) in [6.45, 7) is 2.55. The van der Waals surface area contributed by atoms with E-state index in [1.807, 2.05) is 29.2 Å². The lowest BCUT2D eigenvalue weighted by molar-refractivity contribution is -0.151. The van der Waals surface area contributed by atoms with Crippen LogP contribution in [-0.4, -0.2) is 52.2 Å². The van der Waals surface area contributed by atoms with Gasteiger partial charge in [0, 0.05) is 25.2 Å². The van der Waals surface area contributed by atoms with Crippen molar-refractivity contribution in [3.63, 3.8) is 0 Å². The maximum absolute atomic E-state index is 11.7. The topological polar surface area (TPSA) is 113 Å². The van der Waals surface area contributed by atoms with Gasteiger partial charge in [0.1, 0.15) is 11.5 Å². The molecular weight excluding hydrogens is 352 g/mol. The number of carboxylic acid groups (broad SMARTS) is 2. The molecule has 0 radical (unpaired) electrons. The van der Waals surface area contributed by atoms with Crippen LogP contribution in [0.3, 0.4) is 0 Å². The average molecular weight is 372 g/mol. The molecule has 0 unspecified atom stereocenters. The highest BCUT2D eigenvalue weighted by atomic mass is 16.5. The van der Waals surface area contributed by atoms with Gasteiger partial charge in [-0.15, -0.1) is 0 Å². The molecule has 1 saturated heterocycles. The number of hydrogen-bond acceptors (Lipinski definition) is 6. The third-order valence-corrected chi connectivity index (χ3v) is 5.78. The molecule has 1 aromatic heterocycles. The quantitative estimate of drug-likeness (QED) is 0.792. The first kappa shape index (κ1) is 17.5. The Labute approximate surface area is 155 Å². The van der Waals surface area contributed by atoms with Gasteiger partial charge in [-0.05, 0) is 31.5 Å². The first-order valence-corrected chi connectivity index (χ1v) is 8.61. The summed E-state index contributed by atoms with van der Waals surface area (Å²) in [6, 6.07) is 7.35. The summed E-state index contributed by atoms with van der Waals surface area (Å²) in [5.41, 5.74) is -0.926. The van der Waals surface area contributed by atoms with E-state index in [9.17, 15) is 19.8 Å². The van der Waals surface area contributed by atoms with Gasteiger partial charge in [-0.3, -0.25) is 14.5 Å². The second-order valence-corrected chi connectivity index (χ2v) is 7.35. The molecule has 4 rings (SSSR count). The molecule has 8 nitrogen and oxygen atoms in total. The van der Waals surface area contributed by atoms with Gasteiger partial charge in [-0.25, -0.2) is 4.98 Å². The van der Waals surface area contributed by atoms with Crippen LogP contribution in [0, 0.1) is 17.8 Å². The molecule has 2 atom stereocenters. The third-order valence-electron chi connectivity index (χ3n) is 5.78. The van der Waals surface area contributed by atoms with E-state index in [4.69, 9.17) is 9.15 Å². The lowest BCUT2D eigenvalue weighted by Gasteiger charge is -2.18. The Morgan fingerprint density at radius 3 is 2.52 bits per heavy atom. The van der Waals surface area contributed by atoms with Crippen LogP contribution in [0.4, 0.5) is 0 Å². The van der Waals surface area contributed by atoms with Crippen molar-refractivity contribution in [2.45, 2.75) is 19.9 Å². The predicted molar refractivity (Wildman–Crippen MR) is 93.3 cm³/mol. The maximum atomic E-state index is 11.7. The summed E-state index contributed by atoms with van der Waals surface area (Å²) >= 11 is 0. The number of aromatic nitrogens is 1. The second kappa shape index (κ2) is 5.82. The highest BCUT2D eigenvalue weighted by molar-refractivity contribution is 5.94. The number of benzene rings is 1. The van der Waals surface area contributed by atoms with Crippen molar-refractivity contribution < 1.29 is 29.0 Å². The number of piperidine rings is 1. The summed E-state index contributed by atoms with van der Waals surface area (Å²) in [4.78, 5) is 29.7. The molecule has 1 saturated carbocycles. The minimum atomic E-state index is -1.19. The molecule has 142 valence electrons. The number of carbonyl (C=O) groups is 2. The number of likely N-dealkylation sites (tertiary alicyclic amines) is 1. The molecule has 2 N–H and O–H groups in total. The fraction of sp³-hybridized carbons (Fsp3) is 0.421. The molecule has 2 aliphatic rings. The Morgan fingerprint density at radius 1 is 1.26 bits per heavy atom. The van der Waals surface area contributed by atoms with Crippen LogP contribution in [0.5, 0.6) is 5.75 Å². The molecule has 1 aliphatic heterocycles. The number of aliphatic carboxylic acids is 2. The molecule has 1 aliphatic carbocycles. The maximum Gasteiger partial charge on any atom is 0.312 e. The van der Waals surface area contributed by atoms with Gasteiger partial charge in [0.25, 0.3) is 0 Å². The Morgan fingerprint density at radius 2 is 1.93 bits per heavy atom. The number of aryl methyl sites for hydroxylation is 1. The molecule has 0 spiro atoms. The number of carboxylic acids is 2. The lowest BCUT2D eigenvalue weighted by Crippen LogP contribution is -2.28. The normalized spacial score (nSPS) is 26.6. The van der Waals surface area contributed by atoms with Crippen LogP contribution in [0.15, 0.2) is 28.7 Å². The first-order chi connectivity index (χ1) is 12.8. The molecule has 1 aromatic carbocycles. The van der Waals surface area contributed by atoms with Crippen molar-refractivity contribution in [1.29, 1.82) is 0 Å². The van der Waals surface area contributed by atoms with Gasteiger partial charge in [0.05, 0.1) is 23.6 Å². The highest BCUT2D eigenvalue weighted by Crippen LogP contribution is 2.68. The zero-order valence-electron chi connectivity index (χ0n) is 15.1. The Balaban J connectivity index is 1.55. The van der Waals surface area contributed by atoms with Gasteiger partial charge in [-0.2, -0.15) is 0 Å². The van der Waals surface area contributed by atoms with E-state index in [0.29, 0.717) is 29.6 Å². The summed E-state index contributed by atoms with van der Waals surface area (Å²) in [5.74, 6) is -0.312. The molecule has 2 aromatic rings. The van der Waals surface area contributed by atoms with Crippen LogP contribution >= 0.6 is 0 Å². The van der Waals surface area contributed by atoms with Gasteiger partial charge in [0.15, 0.2) is 0 Å². The Hall–Kier alpha value is -2.87. The summed E-state index contributed by atoms with van der Waals surface area (Å²) in [7, 11) is 1.58. The van der Waals surface area contributed by atoms with E-state index in [1.165, 1.54) is 0 Å². The lowest BCUT2D eigenvalue weighted by atomic mass is 9.97. The number of hydrogen-bond donors (Lipinski definition) is 2. The van der Waals surface area contributed by atoms with Crippen LogP contribution in [0.1, 0.15) is 17.9 Å². The van der Waals surface area contributed by atoms with E-state index in [1.54, 1.807) is 14.0 Å². The van der Waals surface area contributed by atoms with Crippen LogP contribution in [0.25, 0.3) is 11.5 Å². The zero-order chi connectivity index (χ0) is 19.4. The van der Waals surface area contributed by atoms with Gasteiger partial charge >= 0.3 is 11.9 Å². The second-order valence-electron chi connectivity index (χ2n) is 7.35. The molecule has 2 heterocycles. The number of nitrogens with zero attached hydrogens (tertiary/aromatic N) is 2. The molecule has 0 amide bonds. The molecule has 2 fully saturated rings. The van der Waals surface area contributed by atoms with Crippen molar-refractivity contribution in [2.24, 2.45) is 10.8 Å². The van der Waals surface area contributed by atoms with Crippen molar-refractivity contribution >= 4 is 11.9 Å². The van der Waals surface area contributed by atoms with Gasteiger partial charge in [-0.1, -0.05) is 6.07 Å². The predicted octanol–water partition coefficient (Wildman–Crippen LogP) is 2.02. The number of fused-ring (bicyclic) bond motifs is 1. The molecular formula is C19H20N2O6. The number of ether oxygens (including phenoxy) is 1. The molecule has 27 heavy (non-hydrogen) atoms. The standard InChI is InChI=1S/C19H20N2O6/c1-11-14(20-15(27-11)12-4-3-5-13(6-12)26-2)7-21-9-18(16(22)23)8-19(18,10-21)17(24)25/h3-6H,7-10H2,1-2H3,(H,22,23)(H,24,25)/t18-,19+. The molecule has 8 heteroatoms. The first-order valence-electron chi connectivity index (χ1n) is 8.61. The SMILES string of the molecule is COc1cccc(-c2nc(CN3C[C@@]4(C(=O)O)C[C@@]4(C(=O)O)C3)c(C)o2)c1. The minimum Gasteiger partial charge on any atom is -0.497 e. The smallest absolute Gasteiger partial charge is 0.312 e. The third kappa shape index (κ3) is 2.51. The van der Waals surface area contributed by atoms with E-state index < -0.39 is 22.8 Å². The highest BCUT2D eigenvalue weighted by Gasteiger charge is 2.80.